The van der Waals surface area contributed by atoms with E-state index in [0.717, 1.165) is 22.4 Å². The van der Waals surface area contributed by atoms with E-state index in [1.54, 1.807) is 18.4 Å². The smallest absolute Gasteiger partial charge is 0.120 e. The lowest BCUT2D eigenvalue weighted by molar-refractivity contribution is 0.415. The molecule has 0 atom stereocenters. The highest BCUT2D eigenvalue weighted by molar-refractivity contribution is 7.10. The molecule has 0 saturated heterocycles. The van der Waals surface area contributed by atoms with Crippen molar-refractivity contribution in [3.8, 4) is 16.9 Å². The first-order chi connectivity index (χ1) is 8.17. The van der Waals surface area contributed by atoms with Crippen LogP contribution in [0.1, 0.15) is 10.4 Å². The van der Waals surface area contributed by atoms with Crippen molar-refractivity contribution in [3.05, 3.63) is 39.0 Å². The van der Waals surface area contributed by atoms with Gasteiger partial charge in [0.2, 0.25) is 0 Å². The van der Waals surface area contributed by atoms with Crippen LogP contribution in [-0.4, -0.2) is 7.11 Å². The van der Waals surface area contributed by atoms with Gasteiger partial charge in [-0.2, -0.15) is 0 Å². The minimum absolute atomic E-state index is 0.530. The van der Waals surface area contributed by atoms with E-state index in [2.05, 4.69) is 12.3 Å². The zero-order valence-electron chi connectivity index (χ0n) is 9.79. The SMILES string of the molecule is COc1ccc(-c2c(CN)csc2C)c(Cl)c1. The first-order valence-electron chi connectivity index (χ1n) is 5.28. The van der Waals surface area contributed by atoms with Crippen molar-refractivity contribution in [1.29, 1.82) is 0 Å². The summed E-state index contributed by atoms with van der Waals surface area (Å²) < 4.78 is 5.15. The van der Waals surface area contributed by atoms with Crippen LogP contribution in [0.3, 0.4) is 0 Å². The highest BCUT2D eigenvalue weighted by Gasteiger charge is 2.13. The summed E-state index contributed by atoms with van der Waals surface area (Å²) in [5.74, 6) is 0.765. The van der Waals surface area contributed by atoms with E-state index in [4.69, 9.17) is 22.1 Å². The summed E-state index contributed by atoms with van der Waals surface area (Å²) in [6.07, 6.45) is 0. The van der Waals surface area contributed by atoms with Crippen molar-refractivity contribution < 1.29 is 4.74 Å². The number of rotatable bonds is 3. The molecule has 0 radical (unpaired) electrons. The fourth-order valence-corrected chi connectivity index (χ4v) is 3.00. The Hall–Kier alpha value is -1.03. The molecule has 2 aromatic rings. The molecule has 0 aliphatic rings. The van der Waals surface area contributed by atoms with Gasteiger partial charge in [0, 0.05) is 22.5 Å². The molecule has 2 rings (SSSR count). The molecule has 90 valence electrons. The highest BCUT2D eigenvalue weighted by Crippen LogP contribution is 2.37. The maximum Gasteiger partial charge on any atom is 0.120 e. The van der Waals surface area contributed by atoms with Crippen LogP contribution in [-0.2, 0) is 6.54 Å². The van der Waals surface area contributed by atoms with Gasteiger partial charge in [-0.1, -0.05) is 11.6 Å². The van der Waals surface area contributed by atoms with E-state index in [0.29, 0.717) is 11.6 Å². The number of aryl methyl sites for hydroxylation is 1. The van der Waals surface area contributed by atoms with Crippen LogP contribution in [0.15, 0.2) is 23.6 Å². The van der Waals surface area contributed by atoms with E-state index in [1.807, 2.05) is 18.2 Å². The first kappa shape index (κ1) is 12.4. The molecule has 0 aliphatic carbocycles. The summed E-state index contributed by atoms with van der Waals surface area (Å²) in [7, 11) is 1.63. The van der Waals surface area contributed by atoms with Gasteiger partial charge in [0.05, 0.1) is 12.1 Å². The third kappa shape index (κ3) is 2.32. The molecule has 2 N–H and O–H groups in total. The van der Waals surface area contributed by atoms with Gasteiger partial charge in [-0.05, 0) is 36.1 Å². The summed E-state index contributed by atoms with van der Waals surface area (Å²) in [5.41, 5.74) is 9.06. The van der Waals surface area contributed by atoms with Gasteiger partial charge in [-0.25, -0.2) is 0 Å². The largest absolute Gasteiger partial charge is 0.497 e. The highest BCUT2D eigenvalue weighted by atomic mass is 35.5. The molecule has 2 nitrogen and oxygen atoms in total. The molecule has 0 bridgehead atoms. The van der Waals surface area contributed by atoms with Crippen molar-refractivity contribution in [1.82, 2.24) is 0 Å². The molecule has 1 aromatic carbocycles. The summed E-state index contributed by atoms with van der Waals surface area (Å²) in [6.45, 7) is 2.61. The quantitative estimate of drug-likeness (QED) is 0.917. The number of halogens is 1. The number of ether oxygens (including phenoxy) is 1. The molecular weight excluding hydrogens is 254 g/mol. The monoisotopic (exact) mass is 267 g/mol. The second-order valence-electron chi connectivity index (χ2n) is 3.74. The molecule has 1 heterocycles. The Kier molecular flexibility index (Phi) is 3.72. The van der Waals surface area contributed by atoms with Gasteiger partial charge in [-0.3, -0.25) is 0 Å². The summed E-state index contributed by atoms with van der Waals surface area (Å²) in [4.78, 5) is 1.23. The lowest BCUT2D eigenvalue weighted by Gasteiger charge is -2.08. The van der Waals surface area contributed by atoms with E-state index >= 15 is 0 Å². The van der Waals surface area contributed by atoms with Crippen molar-refractivity contribution in [2.24, 2.45) is 5.73 Å². The van der Waals surface area contributed by atoms with Gasteiger partial charge in [0.25, 0.3) is 0 Å². The zero-order valence-corrected chi connectivity index (χ0v) is 11.4. The number of thiophene rings is 1. The van der Waals surface area contributed by atoms with Gasteiger partial charge < -0.3 is 10.5 Å². The third-order valence-corrected chi connectivity index (χ3v) is 3.99. The Bertz CT molecular complexity index is 536. The molecular formula is C13H14ClNOS. The Morgan fingerprint density at radius 3 is 2.76 bits per heavy atom. The standard InChI is InChI=1S/C13H14ClNOS/c1-8-13(9(6-15)7-17-8)11-4-3-10(16-2)5-12(11)14/h3-5,7H,6,15H2,1-2H3. The summed E-state index contributed by atoms with van der Waals surface area (Å²) >= 11 is 7.98. The van der Waals surface area contributed by atoms with Crippen molar-refractivity contribution in [2.75, 3.05) is 7.11 Å². The Labute approximate surface area is 110 Å². The van der Waals surface area contributed by atoms with E-state index < -0.39 is 0 Å². The minimum atomic E-state index is 0.530. The first-order valence-corrected chi connectivity index (χ1v) is 6.54. The van der Waals surface area contributed by atoms with Crippen LogP contribution in [0.5, 0.6) is 5.75 Å². The predicted octanol–water partition coefficient (Wildman–Crippen LogP) is 3.84. The molecule has 0 unspecified atom stereocenters. The lowest BCUT2D eigenvalue weighted by Crippen LogP contribution is -1.97. The topological polar surface area (TPSA) is 35.2 Å². The van der Waals surface area contributed by atoms with Crippen molar-refractivity contribution >= 4 is 22.9 Å². The van der Waals surface area contributed by atoms with Crippen LogP contribution in [0.4, 0.5) is 0 Å². The maximum absolute atomic E-state index is 6.28. The van der Waals surface area contributed by atoms with Gasteiger partial charge in [0.1, 0.15) is 5.75 Å². The fourth-order valence-electron chi connectivity index (χ4n) is 1.84. The van der Waals surface area contributed by atoms with Crippen LogP contribution >= 0.6 is 22.9 Å². The van der Waals surface area contributed by atoms with Crippen LogP contribution < -0.4 is 10.5 Å². The third-order valence-electron chi connectivity index (χ3n) is 2.72. The second kappa shape index (κ2) is 5.08. The number of hydrogen-bond acceptors (Lipinski definition) is 3. The number of hydrogen-bond donors (Lipinski definition) is 1. The predicted molar refractivity (Wildman–Crippen MR) is 73.9 cm³/mol. The van der Waals surface area contributed by atoms with Gasteiger partial charge in [-0.15, -0.1) is 11.3 Å². The van der Waals surface area contributed by atoms with Crippen LogP contribution in [0.25, 0.3) is 11.1 Å². The molecule has 4 heteroatoms. The summed E-state index contributed by atoms with van der Waals surface area (Å²) in [6, 6.07) is 5.72. The normalized spacial score (nSPS) is 10.6. The average molecular weight is 268 g/mol. The molecule has 0 aliphatic heterocycles. The summed E-state index contributed by atoms with van der Waals surface area (Å²) in [5, 5.41) is 2.78. The Morgan fingerprint density at radius 1 is 1.41 bits per heavy atom. The molecule has 1 aromatic heterocycles. The Balaban J connectivity index is 2.56. The average Bonchev–Trinajstić information content (AvgIpc) is 2.70. The van der Waals surface area contributed by atoms with Crippen molar-refractivity contribution in [2.45, 2.75) is 13.5 Å². The van der Waals surface area contributed by atoms with E-state index in [9.17, 15) is 0 Å². The number of methoxy groups -OCH3 is 1. The van der Waals surface area contributed by atoms with E-state index in [1.165, 1.54) is 4.88 Å². The van der Waals surface area contributed by atoms with Crippen LogP contribution in [0.2, 0.25) is 5.02 Å². The zero-order chi connectivity index (χ0) is 12.4. The van der Waals surface area contributed by atoms with E-state index in [-0.39, 0.29) is 0 Å². The lowest BCUT2D eigenvalue weighted by atomic mass is 10.0. The molecule has 0 saturated carbocycles. The fraction of sp³-hybridized carbons (Fsp3) is 0.231. The molecule has 0 amide bonds. The molecule has 0 spiro atoms. The van der Waals surface area contributed by atoms with Gasteiger partial charge >= 0.3 is 0 Å². The Morgan fingerprint density at radius 2 is 2.18 bits per heavy atom. The van der Waals surface area contributed by atoms with Crippen LogP contribution in [0, 0.1) is 6.92 Å². The second-order valence-corrected chi connectivity index (χ2v) is 5.23. The minimum Gasteiger partial charge on any atom is -0.497 e. The number of benzene rings is 1. The molecule has 17 heavy (non-hydrogen) atoms. The molecule has 0 fully saturated rings. The van der Waals surface area contributed by atoms with Gasteiger partial charge in [0.15, 0.2) is 0 Å². The van der Waals surface area contributed by atoms with Crippen molar-refractivity contribution in [3.63, 3.8) is 0 Å². The number of nitrogens with two attached hydrogens (primary N) is 1. The maximum atomic E-state index is 6.28.